The van der Waals surface area contributed by atoms with Gasteiger partial charge in [-0.25, -0.2) is 0 Å². The van der Waals surface area contributed by atoms with Gasteiger partial charge in [0.05, 0.1) is 12.2 Å². The van der Waals surface area contributed by atoms with Crippen LogP contribution in [0.2, 0.25) is 0 Å². The van der Waals surface area contributed by atoms with Gasteiger partial charge in [-0.2, -0.15) is 0 Å². The number of ether oxygens (including phenoxy) is 1. The lowest BCUT2D eigenvalue weighted by atomic mass is 9.60. The lowest BCUT2D eigenvalue weighted by Gasteiger charge is -2.51. The van der Waals surface area contributed by atoms with E-state index in [1.807, 2.05) is 26.8 Å². The van der Waals surface area contributed by atoms with Gasteiger partial charge in [0, 0.05) is 36.5 Å². The van der Waals surface area contributed by atoms with Gasteiger partial charge < -0.3 is 25.2 Å². The molecule has 0 aliphatic heterocycles. The minimum Gasteiger partial charge on any atom is -0.458 e. The second kappa shape index (κ2) is 5.69. The number of hydrogen-bond donors (Lipinski definition) is 4. The lowest BCUT2D eigenvalue weighted by Crippen LogP contribution is -2.61. The van der Waals surface area contributed by atoms with Gasteiger partial charge in [0.25, 0.3) is 0 Å². The molecule has 0 aromatic rings. The Labute approximate surface area is 165 Å². The van der Waals surface area contributed by atoms with E-state index in [1.165, 1.54) is 6.92 Å². The van der Waals surface area contributed by atoms with Crippen LogP contribution in [-0.4, -0.2) is 55.9 Å². The molecule has 0 radical (unpaired) electrons. The second-order valence-electron chi connectivity index (χ2n) is 10.1. The molecule has 6 nitrogen and oxygen atoms in total. The maximum absolute atomic E-state index is 12.1. The van der Waals surface area contributed by atoms with Crippen LogP contribution in [0.15, 0.2) is 23.3 Å². The van der Waals surface area contributed by atoms with E-state index in [2.05, 4.69) is 0 Å². The van der Waals surface area contributed by atoms with Crippen molar-refractivity contribution >= 4 is 5.97 Å². The fourth-order valence-electron chi connectivity index (χ4n) is 7.02. The summed E-state index contributed by atoms with van der Waals surface area (Å²) in [5.74, 6) is -1.81. The molecule has 6 heteroatoms. The molecule has 0 spiro atoms. The van der Waals surface area contributed by atoms with Gasteiger partial charge in [-0.15, -0.1) is 0 Å². The Bertz CT molecular complexity index is 784. The van der Waals surface area contributed by atoms with Crippen LogP contribution in [-0.2, 0) is 9.53 Å². The third-order valence-electron chi connectivity index (χ3n) is 8.40. The summed E-state index contributed by atoms with van der Waals surface area (Å²) in [5, 5.41) is 44.3. The van der Waals surface area contributed by atoms with E-state index in [1.54, 1.807) is 13.0 Å². The quantitative estimate of drug-likeness (QED) is 0.417. The van der Waals surface area contributed by atoms with E-state index in [0.717, 1.165) is 0 Å². The molecule has 4 aliphatic rings. The summed E-state index contributed by atoms with van der Waals surface area (Å²) in [4.78, 5) is 11.9. The number of esters is 1. The Balaban J connectivity index is 1.89. The smallest absolute Gasteiger partial charge is 0.303 e. The van der Waals surface area contributed by atoms with E-state index in [9.17, 15) is 25.2 Å². The summed E-state index contributed by atoms with van der Waals surface area (Å²) in [5.41, 5.74) is -2.63. The number of fused-ring (bicyclic) bond motifs is 5. The van der Waals surface area contributed by atoms with Gasteiger partial charge in [-0.3, -0.25) is 4.79 Å². The maximum atomic E-state index is 12.1. The van der Waals surface area contributed by atoms with Crippen molar-refractivity contribution in [2.45, 2.75) is 70.4 Å². The van der Waals surface area contributed by atoms with Gasteiger partial charge in [0.15, 0.2) is 0 Å². The van der Waals surface area contributed by atoms with Gasteiger partial charge in [-0.05, 0) is 30.4 Å². The molecule has 4 rings (SSSR count). The highest BCUT2D eigenvalue weighted by atomic mass is 16.6. The molecule has 0 bridgehead atoms. The average molecular weight is 392 g/mol. The summed E-state index contributed by atoms with van der Waals surface area (Å²) in [7, 11) is 0. The SMILES string of the molecule is CC(=O)O[C@@]12C[C@@H](C)[C@@]3(O)[C@@H](C=C(CO)C[C@]4(O)C(O)C(C)=C[C@@H]34)[C@@H]1C2(C)C. The van der Waals surface area contributed by atoms with Crippen LogP contribution in [0.4, 0.5) is 0 Å². The average Bonchev–Trinajstić information content (AvgIpc) is 2.99. The fourth-order valence-corrected chi connectivity index (χ4v) is 7.02. The van der Waals surface area contributed by atoms with E-state index < -0.39 is 34.7 Å². The summed E-state index contributed by atoms with van der Waals surface area (Å²) < 4.78 is 5.85. The van der Waals surface area contributed by atoms with Crippen molar-refractivity contribution in [3.8, 4) is 0 Å². The molecule has 1 unspecified atom stereocenters. The Morgan fingerprint density at radius 3 is 2.50 bits per heavy atom. The first-order valence-electron chi connectivity index (χ1n) is 10.2. The van der Waals surface area contributed by atoms with Crippen molar-refractivity contribution in [1.29, 1.82) is 0 Å². The molecular formula is C22H32O6. The van der Waals surface area contributed by atoms with E-state index in [0.29, 0.717) is 17.6 Å². The Morgan fingerprint density at radius 1 is 1.29 bits per heavy atom. The second-order valence-corrected chi connectivity index (χ2v) is 10.1. The van der Waals surface area contributed by atoms with Crippen LogP contribution < -0.4 is 0 Å². The summed E-state index contributed by atoms with van der Waals surface area (Å²) in [6, 6.07) is 0. The summed E-state index contributed by atoms with van der Waals surface area (Å²) >= 11 is 0. The topological polar surface area (TPSA) is 107 Å². The highest BCUT2D eigenvalue weighted by Gasteiger charge is 2.83. The van der Waals surface area contributed by atoms with E-state index in [4.69, 9.17) is 4.74 Å². The van der Waals surface area contributed by atoms with Crippen molar-refractivity contribution in [1.82, 2.24) is 0 Å². The molecule has 0 aromatic carbocycles. The number of aliphatic hydroxyl groups is 4. The van der Waals surface area contributed by atoms with Crippen LogP contribution in [0.5, 0.6) is 0 Å². The first-order valence-corrected chi connectivity index (χ1v) is 10.2. The van der Waals surface area contributed by atoms with Crippen LogP contribution >= 0.6 is 0 Å². The standard InChI is InChI=1S/C22H32O6/c1-11-6-16-20(26,18(11)25)9-14(10-23)7-15-17-19(4,5)21(17,28-13(3)24)8-12(2)22(15,16)27/h6-7,12,15-18,23,25-27H,8-10H2,1-5H3/t12-,15+,16-,17-,18?,20-,21+,22-/m1/s1. The molecule has 0 amide bonds. The molecule has 0 aromatic heterocycles. The van der Waals surface area contributed by atoms with Crippen molar-refractivity contribution in [3.63, 3.8) is 0 Å². The Hall–Kier alpha value is -1.21. The Kier molecular flexibility index (Phi) is 4.08. The number of carbonyl (C=O) groups is 1. The zero-order valence-corrected chi connectivity index (χ0v) is 17.3. The molecule has 2 fully saturated rings. The largest absolute Gasteiger partial charge is 0.458 e. The maximum Gasteiger partial charge on any atom is 0.303 e. The predicted molar refractivity (Wildman–Crippen MR) is 102 cm³/mol. The van der Waals surface area contributed by atoms with Crippen molar-refractivity contribution in [2.24, 2.45) is 29.1 Å². The first kappa shape index (κ1) is 20.1. The highest BCUT2D eigenvalue weighted by molar-refractivity contribution is 5.67. The summed E-state index contributed by atoms with van der Waals surface area (Å²) in [6.45, 7) is 8.94. The van der Waals surface area contributed by atoms with E-state index in [-0.39, 0.29) is 36.2 Å². The monoisotopic (exact) mass is 392 g/mol. The minimum absolute atomic E-state index is 0.0996. The molecule has 0 saturated heterocycles. The molecule has 0 heterocycles. The number of rotatable bonds is 2. The van der Waals surface area contributed by atoms with Crippen molar-refractivity contribution in [2.75, 3.05) is 6.61 Å². The van der Waals surface area contributed by atoms with Crippen LogP contribution in [0.3, 0.4) is 0 Å². The molecule has 4 aliphatic carbocycles. The molecule has 2 saturated carbocycles. The molecule has 8 atom stereocenters. The number of carbonyl (C=O) groups excluding carboxylic acids is 1. The zero-order valence-electron chi connectivity index (χ0n) is 17.3. The van der Waals surface area contributed by atoms with E-state index >= 15 is 0 Å². The van der Waals surface area contributed by atoms with Gasteiger partial charge in [0.2, 0.25) is 0 Å². The van der Waals surface area contributed by atoms with Crippen LogP contribution in [0, 0.1) is 29.1 Å². The minimum atomic E-state index is -1.56. The van der Waals surface area contributed by atoms with Gasteiger partial charge in [0.1, 0.15) is 17.3 Å². The first-order chi connectivity index (χ1) is 12.9. The molecule has 28 heavy (non-hydrogen) atoms. The molecule has 4 N–H and O–H groups in total. The normalized spacial score (nSPS) is 51.1. The fraction of sp³-hybridized carbons (Fsp3) is 0.773. The molecule has 156 valence electrons. The van der Waals surface area contributed by atoms with Crippen molar-refractivity contribution in [3.05, 3.63) is 23.3 Å². The van der Waals surface area contributed by atoms with Gasteiger partial charge in [-0.1, -0.05) is 32.9 Å². The predicted octanol–water partition coefficient (Wildman–Crippen LogP) is 1.32. The van der Waals surface area contributed by atoms with Crippen LogP contribution in [0.1, 0.15) is 47.5 Å². The lowest BCUT2D eigenvalue weighted by molar-refractivity contribution is -0.196. The third kappa shape index (κ3) is 2.15. The third-order valence-corrected chi connectivity index (χ3v) is 8.40. The number of aliphatic hydroxyl groups excluding tert-OH is 2. The highest BCUT2D eigenvalue weighted by Crippen LogP contribution is 2.76. The molecular weight excluding hydrogens is 360 g/mol. The Morgan fingerprint density at radius 2 is 1.93 bits per heavy atom. The zero-order chi connectivity index (χ0) is 20.9. The number of hydrogen-bond acceptors (Lipinski definition) is 6. The van der Waals surface area contributed by atoms with Crippen molar-refractivity contribution < 1.29 is 30.0 Å². The van der Waals surface area contributed by atoms with Gasteiger partial charge >= 0.3 is 5.97 Å². The van der Waals surface area contributed by atoms with Crippen LogP contribution in [0.25, 0.3) is 0 Å². The summed E-state index contributed by atoms with van der Waals surface area (Å²) in [6.07, 6.45) is 3.18.